The maximum Gasteiger partial charge on any atom is 0.168 e. The number of hydrogen-bond donors (Lipinski definition) is 0. The van der Waals surface area contributed by atoms with Crippen LogP contribution in [0.5, 0.6) is 0 Å². The molecule has 92 valence electrons. The normalized spacial score (nSPS) is 33.6. The molecule has 0 atom stereocenters. The van der Waals surface area contributed by atoms with Gasteiger partial charge in [0.25, 0.3) is 0 Å². The highest BCUT2D eigenvalue weighted by Gasteiger charge is 2.47. The quantitative estimate of drug-likeness (QED) is 0.622. The van der Waals surface area contributed by atoms with Crippen LogP contribution in [0.1, 0.15) is 32.6 Å². The van der Waals surface area contributed by atoms with Crippen molar-refractivity contribution in [2.75, 3.05) is 24.7 Å². The predicted molar refractivity (Wildman–Crippen MR) is 69.6 cm³/mol. The molecule has 2 spiro atoms. The Labute approximate surface area is 106 Å². The maximum absolute atomic E-state index is 6.14. The van der Waals surface area contributed by atoms with E-state index in [1.54, 1.807) is 0 Å². The molecule has 0 amide bonds. The Hall–Kier alpha value is 0.620. The summed E-state index contributed by atoms with van der Waals surface area (Å²) in [5, 5.41) is 0. The van der Waals surface area contributed by atoms with Crippen LogP contribution in [0.2, 0.25) is 0 Å². The Kier molecular flexibility index (Phi) is 3.20. The van der Waals surface area contributed by atoms with Gasteiger partial charge in [0.1, 0.15) is 0 Å². The first-order valence-corrected chi connectivity index (χ1v) is 8.73. The summed E-state index contributed by atoms with van der Waals surface area (Å²) in [5.74, 6) is 3.05. The van der Waals surface area contributed by atoms with Gasteiger partial charge in [0.05, 0.1) is 13.2 Å². The highest BCUT2D eigenvalue weighted by molar-refractivity contribution is 8.77. The zero-order valence-electron chi connectivity index (χ0n) is 9.87. The molecule has 2 aliphatic heterocycles. The van der Waals surface area contributed by atoms with Gasteiger partial charge >= 0.3 is 0 Å². The number of hydrogen-bond acceptors (Lipinski definition) is 4. The van der Waals surface area contributed by atoms with E-state index in [1.165, 1.54) is 24.3 Å². The minimum Gasteiger partial charge on any atom is -0.349 e. The molecule has 0 aromatic carbocycles. The van der Waals surface area contributed by atoms with Gasteiger partial charge in [-0.3, -0.25) is 0 Å². The molecule has 4 heteroatoms. The second-order valence-electron chi connectivity index (χ2n) is 5.69. The second-order valence-corrected chi connectivity index (χ2v) is 8.16. The molecule has 3 rings (SSSR count). The summed E-state index contributed by atoms with van der Waals surface area (Å²) in [4.78, 5) is 0. The van der Waals surface area contributed by atoms with E-state index in [4.69, 9.17) is 9.47 Å². The van der Waals surface area contributed by atoms with E-state index in [1.807, 2.05) is 21.6 Å². The first kappa shape index (κ1) is 11.7. The fourth-order valence-electron chi connectivity index (χ4n) is 2.68. The van der Waals surface area contributed by atoms with Crippen molar-refractivity contribution in [1.29, 1.82) is 0 Å². The van der Waals surface area contributed by atoms with Gasteiger partial charge in [-0.2, -0.15) is 0 Å². The SMILES string of the molecule is CC1CCC2(CC1)OCC1(CO2)CSSC1. The summed E-state index contributed by atoms with van der Waals surface area (Å²) in [5.41, 5.74) is 0.323. The van der Waals surface area contributed by atoms with Gasteiger partial charge in [-0.15, -0.1) is 0 Å². The molecule has 3 aliphatic rings. The van der Waals surface area contributed by atoms with Crippen LogP contribution < -0.4 is 0 Å². The molecule has 3 fully saturated rings. The van der Waals surface area contributed by atoms with Crippen molar-refractivity contribution < 1.29 is 9.47 Å². The van der Waals surface area contributed by atoms with Gasteiger partial charge < -0.3 is 9.47 Å². The summed E-state index contributed by atoms with van der Waals surface area (Å²) in [6, 6.07) is 0. The molecule has 0 unspecified atom stereocenters. The third-order valence-corrected chi connectivity index (χ3v) is 6.97. The largest absolute Gasteiger partial charge is 0.349 e. The molecule has 0 radical (unpaired) electrons. The third-order valence-electron chi connectivity index (χ3n) is 4.13. The lowest BCUT2D eigenvalue weighted by Crippen LogP contribution is -2.52. The summed E-state index contributed by atoms with van der Waals surface area (Å²) in [7, 11) is 3.94. The lowest BCUT2D eigenvalue weighted by atomic mass is 9.84. The molecule has 0 bridgehead atoms. The van der Waals surface area contributed by atoms with Crippen LogP contribution in [-0.4, -0.2) is 30.5 Å². The topological polar surface area (TPSA) is 18.5 Å². The van der Waals surface area contributed by atoms with Crippen molar-refractivity contribution >= 4 is 21.6 Å². The molecule has 2 nitrogen and oxygen atoms in total. The van der Waals surface area contributed by atoms with Crippen LogP contribution in [-0.2, 0) is 9.47 Å². The summed E-state index contributed by atoms with van der Waals surface area (Å²) < 4.78 is 12.3. The minimum atomic E-state index is -0.199. The van der Waals surface area contributed by atoms with Gasteiger partial charge in [-0.05, 0) is 18.8 Å². The molecular formula is C12H20O2S2. The van der Waals surface area contributed by atoms with Crippen molar-refractivity contribution in [1.82, 2.24) is 0 Å². The van der Waals surface area contributed by atoms with Crippen molar-refractivity contribution in [2.45, 2.75) is 38.4 Å². The molecule has 1 saturated carbocycles. The lowest BCUT2D eigenvalue weighted by Gasteiger charge is -2.47. The molecule has 0 aromatic rings. The van der Waals surface area contributed by atoms with E-state index in [0.29, 0.717) is 5.41 Å². The summed E-state index contributed by atoms with van der Waals surface area (Å²) >= 11 is 0. The van der Waals surface area contributed by atoms with E-state index in [2.05, 4.69) is 6.92 Å². The van der Waals surface area contributed by atoms with Crippen molar-refractivity contribution in [3.63, 3.8) is 0 Å². The molecule has 2 saturated heterocycles. The zero-order chi connectivity index (χ0) is 11.1. The number of ether oxygens (including phenoxy) is 2. The zero-order valence-corrected chi connectivity index (χ0v) is 11.5. The molecular weight excluding hydrogens is 240 g/mol. The Morgan fingerprint density at radius 3 is 2.12 bits per heavy atom. The molecule has 16 heavy (non-hydrogen) atoms. The smallest absolute Gasteiger partial charge is 0.168 e. The first-order chi connectivity index (χ1) is 7.72. The van der Waals surface area contributed by atoms with E-state index >= 15 is 0 Å². The first-order valence-electron chi connectivity index (χ1n) is 6.24. The fourth-order valence-corrected chi connectivity index (χ4v) is 6.02. The third kappa shape index (κ3) is 2.14. The summed E-state index contributed by atoms with van der Waals surface area (Å²) in [6.07, 6.45) is 4.72. The van der Waals surface area contributed by atoms with Crippen LogP contribution >= 0.6 is 21.6 Å². The second kappa shape index (κ2) is 4.38. The predicted octanol–water partition coefficient (Wildman–Crippen LogP) is 3.32. The van der Waals surface area contributed by atoms with Crippen LogP contribution in [0.3, 0.4) is 0 Å². The average Bonchev–Trinajstić information content (AvgIpc) is 2.76. The van der Waals surface area contributed by atoms with Crippen molar-refractivity contribution in [3.8, 4) is 0 Å². The molecule has 0 N–H and O–H groups in total. The van der Waals surface area contributed by atoms with E-state index in [9.17, 15) is 0 Å². The van der Waals surface area contributed by atoms with Crippen molar-refractivity contribution in [3.05, 3.63) is 0 Å². The lowest BCUT2D eigenvalue weighted by molar-refractivity contribution is -0.310. The average molecular weight is 260 g/mol. The highest BCUT2D eigenvalue weighted by Crippen LogP contribution is 2.48. The molecule has 1 aliphatic carbocycles. The standard InChI is InChI=1S/C12H20O2S2/c1-10-2-4-12(5-3-10)13-6-11(7-14-12)8-15-16-9-11/h10H,2-9H2,1H3. The van der Waals surface area contributed by atoms with E-state index in [-0.39, 0.29) is 5.79 Å². The minimum absolute atomic E-state index is 0.199. The van der Waals surface area contributed by atoms with E-state index in [0.717, 1.165) is 32.0 Å². The van der Waals surface area contributed by atoms with Gasteiger partial charge in [-0.25, -0.2) is 0 Å². The Bertz CT molecular complexity index is 244. The molecule has 0 aromatic heterocycles. The van der Waals surface area contributed by atoms with Gasteiger partial charge in [0.2, 0.25) is 0 Å². The highest BCUT2D eigenvalue weighted by atomic mass is 33.1. The molecule has 2 heterocycles. The maximum atomic E-state index is 6.14. The van der Waals surface area contributed by atoms with Gasteiger partial charge in [0, 0.05) is 29.8 Å². The van der Waals surface area contributed by atoms with Crippen LogP contribution in [0, 0.1) is 11.3 Å². The van der Waals surface area contributed by atoms with Crippen LogP contribution in [0.15, 0.2) is 0 Å². The van der Waals surface area contributed by atoms with Gasteiger partial charge in [-0.1, -0.05) is 28.5 Å². The monoisotopic (exact) mass is 260 g/mol. The Morgan fingerprint density at radius 1 is 1.00 bits per heavy atom. The fraction of sp³-hybridized carbons (Fsp3) is 1.00. The Balaban J connectivity index is 1.61. The van der Waals surface area contributed by atoms with Crippen LogP contribution in [0.4, 0.5) is 0 Å². The van der Waals surface area contributed by atoms with Gasteiger partial charge in [0.15, 0.2) is 5.79 Å². The summed E-state index contributed by atoms with van der Waals surface area (Å²) in [6.45, 7) is 4.17. The van der Waals surface area contributed by atoms with Crippen molar-refractivity contribution in [2.24, 2.45) is 11.3 Å². The number of rotatable bonds is 0. The van der Waals surface area contributed by atoms with Crippen LogP contribution in [0.25, 0.3) is 0 Å². The Morgan fingerprint density at radius 2 is 1.56 bits per heavy atom. The van der Waals surface area contributed by atoms with E-state index < -0.39 is 0 Å².